The van der Waals surface area contributed by atoms with E-state index in [1.807, 2.05) is 0 Å². The fourth-order valence-electron chi connectivity index (χ4n) is 8.69. The summed E-state index contributed by atoms with van der Waals surface area (Å²) in [6, 6.07) is 10.0. The molecule has 0 aliphatic carbocycles. The number of hydrogen-bond donors (Lipinski definition) is 7. The van der Waals surface area contributed by atoms with Gasteiger partial charge in [-0.15, -0.1) is 5.92 Å². The molecule has 10 atom stereocenters. The third-order valence-corrected chi connectivity index (χ3v) is 11.2. The van der Waals surface area contributed by atoms with Gasteiger partial charge in [-0.2, -0.15) is 0 Å². The van der Waals surface area contributed by atoms with Crippen LogP contribution < -0.4 is 16.0 Å². The number of fused-ring (bicyclic) bond motifs is 6. The van der Waals surface area contributed by atoms with Gasteiger partial charge in [0.1, 0.15) is 0 Å². The maximum atomic E-state index is 11.9. The molecule has 4 heterocycles. The fraction of sp³-hybridized carbons (Fsp3) is 0.757. The first-order valence-corrected chi connectivity index (χ1v) is 17.6. The molecule has 250 valence electrons. The Kier molecular flexibility index (Phi) is 11.7. The van der Waals surface area contributed by atoms with Crippen LogP contribution in [-0.2, 0) is 17.6 Å². The van der Waals surface area contributed by atoms with E-state index < -0.39 is 11.6 Å². The van der Waals surface area contributed by atoms with E-state index in [-0.39, 0.29) is 61.2 Å². The predicted molar refractivity (Wildman–Crippen MR) is 177 cm³/mol. The van der Waals surface area contributed by atoms with Crippen molar-refractivity contribution in [2.75, 3.05) is 13.2 Å². The molecule has 0 saturated carbocycles. The first-order valence-electron chi connectivity index (χ1n) is 17.6. The van der Waals surface area contributed by atoms with Crippen LogP contribution in [0.3, 0.4) is 0 Å². The van der Waals surface area contributed by atoms with Gasteiger partial charge in [0, 0.05) is 55.2 Å². The quantitative estimate of drug-likeness (QED) is 0.239. The molecule has 0 aromatic heterocycles. The van der Waals surface area contributed by atoms with Crippen molar-refractivity contribution in [1.82, 2.24) is 16.0 Å². The third kappa shape index (κ3) is 10.00. The van der Waals surface area contributed by atoms with Gasteiger partial charge in [0.25, 0.3) is 0 Å². The summed E-state index contributed by atoms with van der Waals surface area (Å²) in [4.78, 5) is 11.9. The van der Waals surface area contributed by atoms with Gasteiger partial charge in [0.15, 0.2) is 0 Å². The maximum absolute atomic E-state index is 11.9. The largest absolute Gasteiger partial charge is 0.481 e. The lowest BCUT2D eigenvalue weighted by molar-refractivity contribution is -0.143. The number of aliphatic hydroxyl groups is 3. The monoisotopic (exact) mass is 623 g/mol. The van der Waals surface area contributed by atoms with Crippen LogP contribution in [0.2, 0.25) is 0 Å². The molecule has 10 unspecified atom stereocenters. The number of β-amino-alcohol motifs (C(OH)–C–C–N with tert-alkyl or cyclic N) is 1. The Labute approximate surface area is 270 Å². The van der Waals surface area contributed by atoms with Crippen molar-refractivity contribution in [2.24, 2.45) is 17.8 Å². The molecule has 4 aliphatic heterocycles. The number of carboxylic acid groups (broad SMARTS) is 1. The zero-order valence-corrected chi connectivity index (χ0v) is 27.4. The molecule has 0 spiro atoms. The van der Waals surface area contributed by atoms with E-state index in [1.165, 1.54) is 11.1 Å². The number of piperidine rings is 2. The average Bonchev–Trinajstić information content (AvgIpc) is 2.97. The lowest BCUT2D eigenvalue weighted by Gasteiger charge is -2.45. The molecule has 2 fully saturated rings. The topological polar surface area (TPSA) is 134 Å². The minimum atomic E-state index is -1.39. The highest BCUT2D eigenvalue weighted by Crippen LogP contribution is 2.34. The number of aliphatic carboxylic acids is 1. The van der Waals surface area contributed by atoms with Gasteiger partial charge in [0.2, 0.25) is 0 Å². The summed E-state index contributed by atoms with van der Waals surface area (Å²) in [5.74, 6) is 6.75. The fourth-order valence-corrected chi connectivity index (χ4v) is 8.69. The molecule has 45 heavy (non-hydrogen) atoms. The molecular formula is C37H57N3O5. The minimum Gasteiger partial charge on any atom is -0.481 e. The highest BCUT2D eigenvalue weighted by molar-refractivity contribution is 5.68. The number of carbonyl (C=O) groups is 1. The van der Waals surface area contributed by atoms with E-state index in [9.17, 15) is 25.2 Å². The zero-order valence-electron chi connectivity index (χ0n) is 27.4. The summed E-state index contributed by atoms with van der Waals surface area (Å²) in [5.41, 5.74) is 1.04. The Hall–Kier alpha value is -1.99. The van der Waals surface area contributed by atoms with Crippen molar-refractivity contribution in [3.05, 3.63) is 35.4 Å². The molecule has 0 amide bonds. The van der Waals surface area contributed by atoms with Gasteiger partial charge in [0.05, 0.1) is 18.1 Å². The Bertz CT molecular complexity index is 1200. The number of carboxylic acids is 1. The molecular weight excluding hydrogens is 566 g/mol. The standard InChI is InChI=1S/C37H57N3O5/c1-25-34(42)12-11-31(39-25)10-9-29-16-26-5-3-6-28(15-26)19-33-21-36(2)20-32(40-33)8-4-7-27(17-29)18-30(23-41)13-14-37(45,24-38-36)22-35(43)44/h3,5-6,15,25,27,29-34,38-42,45H,8-14,16-24H2,1-2H3,(H,43,44). The Morgan fingerprint density at radius 1 is 1.02 bits per heavy atom. The highest BCUT2D eigenvalue weighted by Gasteiger charge is 2.40. The lowest BCUT2D eigenvalue weighted by Crippen LogP contribution is -2.61. The molecule has 0 radical (unpaired) electrons. The Morgan fingerprint density at radius 2 is 1.78 bits per heavy atom. The van der Waals surface area contributed by atoms with E-state index in [0.717, 1.165) is 70.6 Å². The van der Waals surface area contributed by atoms with E-state index in [1.54, 1.807) is 0 Å². The van der Waals surface area contributed by atoms with Crippen molar-refractivity contribution in [2.45, 2.75) is 145 Å². The van der Waals surface area contributed by atoms with E-state index in [2.05, 4.69) is 65.9 Å². The summed E-state index contributed by atoms with van der Waals surface area (Å²) in [6.07, 6.45) is 10.3. The molecule has 8 heteroatoms. The second-order valence-corrected chi connectivity index (χ2v) is 15.4. The first kappa shape index (κ1) is 34.3. The van der Waals surface area contributed by atoms with Crippen LogP contribution in [0.15, 0.2) is 24.3 Å². The van der Waals surface area contributed by atoms with Crippen molar-refractivity contribution in [3.8, 4) is 11.8 Å². The van der Waals surface area contributed by atoms with Crippen LogP contribution in [0.25, 0.3) is 0 Å². The van der Waals surface area contributed by atoms with Crippen molar-refractivity contribution in [3.63, 3.8) is 0 Å². The Morgan fingerprint density at radius 3 is 2.53 bits per heavy atom. The van der Waals surface area contributed by atoms with Gasteiger partial charge in [-0.3, -0.25) is 4.79 Å². The summed E-state index contributed by atoms with van der Waals surface area (Å²) in [5, 5.41) is 53.2. The van der Waals surface area contributed by atoms with Gasteiger partial charge in [-0.1, -0.05) is 30.2 Å². The average molecular weight is 624 g/mol. The van der Waals surface area contributed by atoms with Crippen LogP contribution in [0.1, 0.15) is 102 Å². The van der Waals surface area contributed by atoms with E-state index in [4.69, 9.17) is 0 Å². The van der Waals surface area contributed by atoms with Crippen LogP contribution >= 0.6 is 0 Å². The van der Waals surface area contributed by atoms with Crippen LogP contribution in [0, 0.1) is 29.6 Å². The molecule has 5 rings (SSSR count). The van der Waals surface area contributed by atoms with Crippen LogP contribution in [-0.4, -0.2) is 81.0 Å². The van der Waals surface area contributed by atoms with E-state index in [0.29, 0.717) is 24.8 Å². The van der Waals surface area contributed by atoms with Gasteiger partial charge in [-0.25, -0.2) is 0 Å². The van der Waals surface area contributed by atoms with Crippen molar-refractivity contribution in [1.29, 1.82) is 0 Å². The second-order valence-electron chi connectivity index (χ2n) is 15.4. The predicted octanol–water partition coefficient (Wildman–Crippen LogP) is 3.55. The lowest BCUT2D eigenvalue weighted by atomic mass is 9.76. The molecule has 2 saturated heterocycles. The SMILES string of the molecule is CC1NC(CCC2Cc3cccc(c3)CC3CC4(C)CC(CC#CC(CC(CO)CCC(O)(CC(=O)O)CN4)C2)N3)CCC1O. The van der Waals surface area contributed by atoms with Crippen molar-refractivity contribution >= 4 is 5.97 Å². The van der Waals surface area contributed by atoms with Crippen LogP contribution in [0.5, 0.6) is 0 Å². The summed E-state index contributed by atoms with van der Waals surface area (Å²) in [7, 11) is 0. The molecule has 1 aromatic carbocycles. The van der Waals surface area contributed by atoms with Gasteiger partial charge < -0.3 is 36.4 Å². The van der Waals surface area contributed by atoms with Crippen LogP contribution in [0.4, 0.5) is 0 Å². The molecule has 4 aliphatic rings. The zero-order chi connectivity index (χ0) is 32.0. The summed E-state index contributed by atoms with van der Waals surface area (Å²) < 4.78 is 0. The smallest absolute Gasteiger partial charge is 0.306 e. The summed E-state index contributed by atoms with van der Waals surface area (Å²) >= 11 is 0. The molecule has 1 aromatic rings. The normalized spacial score (nSPS) is 39.5. The second kappa shape index (κ2) is 15.3. The first-order chi connectivity index (χ1) is 21.5. The summed E-state index contributed by atoms with van der Waals surface area (Å²) in [6.45, 7) is 4.49. The third-order valence-electron chi connectivity index (χ3n) is 11.2. The van der Waals surface area contributed by atoms with Crippen molar-refractivity contribution < 1.29 is 25.2 Å². The Balaban J connectivity index is 1.46. The number of nitrogens with one attached hydrogen (secondary N) is 3. The van der Waals surface area contributed by atoms with Gasteiger partial charge in [-0.05, 0) is 114 Å². The maximum Gasteiger partial charge on any atom is 0.306 e. The highest BCUT2D eigenvalue weighted by atomic mass is 16.4. The molecule has 6 bridgehead atoms. The minimum absolute atomic E-state index is 0.00272. The number of benzene rings is 1. The van der Waals surface area contributed by atoms with E-state index >= 15 is 0 Å². The van der Waals surface area contributed by atoms with Gasteiger partial charge >= 0.3 is 5.97 Å². The number of hydrogen-bond acceptors (Lipinski definition) is 7. The molecule has 8 nitrogen and oxygen atoms in total. The number of rotatable bonds is 6. The number of aliphatic hydroxyl groups excluding tert-OH is 2. The molecule has 7 N–H and O–H groups in total.